The normalized spacial score (nSPS) is 13.9. The number of rotatable bonds is 5. The van der Waals surface area contributed by atoms with Gasteiger partial charge in [-0.15, -0.1) is 0 Å². The van der Waals surface area contributed by atoms with Gasteiger partial charge in [0, 0.05) is 18.9 Å². The summed E-state index contributed by atoms with van der Waals surface area (Å²) in [5.74, 6) is -0.0594. The van der Waals surface area contributed by atoms with Crippen LogP contribution in [0.3, 0.4) is 0 Å². The molecule has 0 bridgehead atoms. The maximum atomic E-state index is 11.5. The molecule has 0 heterocycles. The molecule has 4 heteroatoms. The van der Waals surface area contributed by atoms with Gasteiger partial charge in [0.05, 0.1) is 0 Å². The molecule has 0 radical (unpaired) electrons. The monoisotopic (exact) mass is 205 g/mol. The van der Waals surface area contributed by atoms with E-state index in [2.05, 4.69) is 12.2 Å². The van der Waals surface area contributed by atoms with Crippen molar-refractivity contribution in [3.8, 4) is 0 Å². The highest BCUT2D eigenvalue weighted by molar-refractivity contribution is 7.99. The van der Waals surface area contributed by atoms with E-state index >= 15 is 0 Å². The van der Waals surface area contributed by atoms with Crippen LogP contribution >= 0.6 is 11.8 Å². The van der Waals surface area contributed by atoms with Gasteiger partial charge in [0.2, 0.25) is 0 Å². The summed E-state index contributed by atoms with van der Waals surface area (Å²) in [7, 11) is 1.54. The van der Waals surface area contributed by atoms with Gasteiger partial charge < -0.3 is 10.1 Å². The highest BCUT2D eigenvalue weighted by Crippen LogP contribution is 2.08. The minimum absolute atomic E-state index is 0.0594. The average molecular weight is 205 g/mol. The Labute approximate surface area is 84.6 Å². The van der Waals surface area contributed by atoms with E-state index in [0.717, 1.165) is 0 Å². The summed E-state index contributed by atoms with van der Waals surface area (Å²) in [6.07, 6.45) is 2.03. The second-order valence-corrected chi connectivity index (χ2v) is 4.75. The van der Waals surface area contributed by atoms with Gasteiger partial charge in [-0.2, -0.15) is 11.8 Å². The second kappa shape index (κ2) is 5.50. The Kier molecular flexibility index (Phi) is 5.40. The Morgan fingerprint density at radius 1 is 1.62 bits per heavy atom. The molecule has 1 N–H and O–H groups in total. The summed E-state index contributed by atoms with van der Waals surface area (Å²) >= 11 is 1.73. The van der Waals surface area contributed by atoms with Crippen molar-refractivity contribution in [3.05, 3.63) is 0 Å². The van der Waals surface area contributed by atoms with Gasteiger partial charge in [-0.25, -0.2) is 0 Å². The molecule has 0 saturated carbocycles. The van der Waals surface area contributed by atoms with Gasteiger partial charge in [-0.05, 0) is 20.1 Å². The van der Waals surface area contributed by atoms with Crippen LogP contribution in [0.4, 0.5) is 0 Å². The number of carbonyl (C=O) groups excluding carboxylic acids is 1. The molecule has 0 rings (SSSR count). The third-order valence-electron chi connectivity index (χ3n) is 2.01. The highest BCUT2D eigenvalue weighted by atomic mass is 32.2. The van der Waals surface area contributed by atoms with Gasteiger partial charge >= 0.3 is 0 Å². The molecule has 0 aromatic heterocycles. The van der Waals surface area contributed by atoms with Crippen molar-refractivity contribution in [2.24, 2.45) is 0 Å². The zero-order chi connectivity index (χ0) is 10.5. The zero-order valence-electron chi connectivity index (χ0n) is 9.01. The number of ether oxygens (including phenoxy) is 1. The molecule has 78 valence electrons. The lowest BCUT2D eigenvalue weighted by atomic mass is 10.1. The minimum atomic E-state index is -0.724. The molecule has 0 aromatic rings. The predicted octanol–water partition coefficient (Wildman–Crippen LogP) is 1.28. The molecule has 3 nitrogen and oxygen atoms in total. The summed E-state index contributed by atoms with van der Waals surface area (Å²) in [5, 5.41) is 3.28. The molecule has 0 aromatic carbocycles. The maximum Gasteiger partial charge on any atom is 0.251 e. The Morgan fingerprint density at radius 2 is 2.15 bits per heavy atom. The van der Waals surface area contributed by atoms with Crippen molar-refractivity contribution in [3.63, 3.8) is 0 Å². The number of nitrogens with one attached hydrogen (secondary N) is 1. The van der Waals surface area contributed by atoms with Gasteiger partial charge in [-0.1, -0.05) is 6.92 Å². The van der Waals surface area contributed by atoms with Crippen LogP contribution in [0, 0.1) is 0 Å². The Bertz CT molecular complexity index is 171. The topological polar surface area (TPSA) is 38.3 Å². The van der Waals surface area contributed by atoms with Crippen LogP contribution in [0.25, 0.3) is 0 Å². The number of methoxy groups -OCH3 is 1. The summed E-state index contributed by atoms with van der Waals surface area (Å²) in [5.41, 5.74) is -0.724. The molecule has 0 aliphatic carbocycles. The van der Waals surface area contributed by atoms with Crippen molar-refractivity contribution in [2.75, 3.05) is 19.9 Å². The van der Waals surface area contributed by atoms with Gasteiger partial charge in [0.25, 0.3) is 5.91 Å². The van der Waals surface area contributed by atoms with Gasteiger partial charge in [0.15, 0.2) is 0 Å². The molecular formula is C9H19NO2S. The first-order chi connectivity index (χ1) is 5.94. The fourth-order valence-electron chi connectivity index (χ4n) is 0.625. The largest absolute Gasteiger partial charge is 0.369 e. The third-order valence-corrected chi connectivity index (χ3v) is 2.98. The lowest BCUT2D eigenvalue weighted by Gasteiger charge is -2.22. The predicted molar refractivity (Wildman–Crippen MR) is 57.1 cm³/mol. The molecule has 0 aliphatic rings. The highest BCUT2D eigenvalue weighted by Gasteiger charge is 2.26. The molecule has 1 amide bonds. The average Bonchev–Trinajstić information content (AvgIpc) is 2.13. The molecule has 1 unspecified atom stereocenters. The zero-order valence-corrected chi connectivity index (χ0v) is 9.83. The lowest BCUT2D eigenvalue weighted by molar-refractivity contribution is -0.139. The van der Waals surface area contributed by atoms with Crippen LogP contribution in [0.1, 0.15) is 20.8 Å². The quantitative estimate of drug-likeness (QED) is 0.735. The summed E-state index contributed by atoms with van der Waals surface area (Å²) in [4.78, 5) is 11.5. The van der Waals surface area contributed by atoms with Gasteiger partial charge in [-0.3, -0.25) is 4.79 Å². The maximum absolute atomic E-state index is 11.5. The first-order valence-corrected chi connectivity index (χ1v) is 5.59. The molecule has 0 fully saturated rings. The molecule has 0 saturated heterocycles. The van der Waals surface area contributed by atoms with E-state index < -0.39 is 5.60 Å². The van der Waals surface area contributed by atoms with Crippen molar-refractivity contribution >= 4 is 17.7 Å². The van der Waals surface area contributed by atoms with Crippen molar-refractivity contribution in [1.29, 1.82) is 0 Å². The number of carbonyl (C=O) groups is 1. The van der Waals surface area contributed by atoms with Crippen LogP contribution in [0.5, 0.6) is 0 Å². The molecular weight excluding hydrogens is 186 g/mol. The summed E-state index contributed by atoms with van der Waals surface area (Å²) in [6, 6.07) is 0. The number of hydrogen-bond donors (Lipinski definition) is 1. The van der Waals surface area contributed by atoms with Crippen molar-refractivity contribution in [1.82, 2.24) is 5.32 Å². The van der Waals surface area contributed by atoms with E-state index in [9.17, 15) is 4.79 Å². The van der Waals surface area contributed by atoms with Crippen LogP contribution < -0.4 is 5.32 Å². The fourth-order valence-corrected chi connectivity index (χ4v) is 0.875. The minimum Gasteiger partial charge on any atom is -0.369 e. The second-order valence-electron chi connectivity index (χ2n) is 3.47. The molecule has 13 heavy (non-hydrogen) atoms. The van der Waals surface area contributed by atoms with Crippen LogP contribution in [-0.2, 0) is 9.53 Å². The van der Waals surface area contributed by atoms with E-state index in [4.69, 9.17) is 4.74 Å². The summed E-state index contributed by atoms with van der Waals surface area (Å²) in [6.45, 7) is 6.27. The summed E-state index contributed by atoms with van der Waals surface area (Å²) < 4.78 is 5.05. The first-order valence-electron chi connectivity index (χ1n) is 4.30. The molecule has 1 atom stereocenters. The Hall–Kier alpha value is -0.220. The van der Waals surface area contributed by atoms with E-state index in [-0.39, 0.29) is 5.91 Å². The van der Waals surface area contributed by atoms with Crippen LogP contribution in [0.2, 0.25) is 0 Å². The Balaban J connectivity index is 3.88. The number of hydrogen-bond acceptors (Lipinski definition) is 3. The van der Waals surface area contributed by atoms with E-state index in [1.807, 2.05) is 6.26 Å². The standard InChI is InChI=1S/C9H19NO2S/c1-7(13-5)6-10-8(11)9(2,3)12-4/h7H,6H2,1-5H3,(H,10,11). The fraction of sp³-hybridized carbons (Fsp3) is 0.889. The van der Waals surface area contributed by atoms with Crippen molar-refractivity contribution < 1.29 is 9.53 Å². The van der Waals surface area contributed by atoms with E-state index in [1.165, 1.54) is 7.11 Å². The molecule has 0 aliphatic heterocycles. The SMILES string of the molecule is COC(C)(C)C(=O)NCC(C)SC. The smallest absolute Gasteiger partial charge is 0.251 e. The Morgan fingerprint density at radius 3 is 2.54 bits per heavy atom. The molecule has 0 spiro atoms. The van der Waals surface area contributed by atoms with Crippen LogP contribution in [0.15, 0.2) is 0 Å². The lowest BCUT2D eigenvalue weighted by Crippen LogP contribution is -2.45. The first kappa shape index (κ1) is 12.8. The van der Waals surface area contributed by atoms with Crippen molar-refractivity contribution in [2.45, 2.75) is 31.6 Å². The number of amides is 1. The van der Waals surface area contributed by atoms with Gasteiger partial charge in [0.1, 0.15) is 5.60 Å². The van der Waals surface area contributed by atoms with E-state index in [0.29, 0.717) is 11.8 Å². The van der Waals surface area contributed by atoms with Crippen LogP contribution in [-0.4, -0.2) is 36.7 Å². The number of thioether (sulfide) groups is 1. The van der Waals surface area contributed by atoms with E-state index in [1.54, 1.807) is 25.6 Å². The third kappa shape index (κ3) is 4.52.